The van der Waals surface area contributed by atoms with Crippen LogP contribution in [0, 0.1) is 5.92 Å². The van der Waals surface area contributed by atoms with Gasteiger partial charge in [0, 0.05) is 31.5 Å². The summed E-state index contributed by atoms with van der Waals surface area (Å²) in [5, 5.41) is 3.03. The summed E-state index contributed by atoms with van der Waals surface area (Å²) in [4.78, 5) is 29.9. The van der Waals surface area contributed by atoms with Crippen molar-refractivity contribution in [3.8, 4) is 0 Å². The van der Waals surface area contributed by atoms with Crippen LogP contribution in [0.2, 0.25) is 0 Å². The minimum Gasteiger partial charge on any atom is -0.350 e. The minimum absolute atomic E-state index is 0.0102. The SMILES string of the molecule is O=C(/C=C/C1CC1)NC1CCN(C(=O)c2cccnc2)CC1. The van der Waals surface area contributed by atoms with Crippen LogP contribution >= 0.6 is 0 Å². The Labute approximate surface area is 130 Å². The average Bonchev–Trinajstić information content (AvgIpc) is 3.38. The van der Waals surface area contributed by atoms with Gasteiger partial charge in [-0.05, 0) is 49.8 Å². The van der Waals surface area contributed by atoms with Crippen LogP contribution in [-0.4, -0.2) is 40.8 Å². The summed E-state index contributed by atoms with van der Waals surface area (Å²) < 4.78 is 0. The van der Waals surface area contributed by atoms with Crippen molar-refractivity contribution in [2.75, 3.05) is 13.1 Å². The Morgan fingerprint density at radius 1 is 1.23 bits per heavy atom. The summed E-state index contributed by atoms with van der Waals surface area (Å²) in [5.74, 6) is 0.625. The van der Waals surface area contributed by atoms with E-state index in [9.17, 15) is 9.59 Å². The molecule has 22 heavy (non-hydrogen) atoms. The molecule has 1 aliphatic carbocycles. The van der Waals surface area contributed by atoms with Crippen LogP contribution in [-0.2, 0) is 4.79 Å². The van der Waals surface area contributed by atoms with Gasteiger partial charge < -0.3 is 10.2 Å². The quantitative estimate of drug-likeness (QED) is 0.862. The lowest BCUT2D eigenvalue weighted by molar-refractivity contribution is -0.117. The predicted molar refractivity (Wildman–Crippen MR) is 83.2 cm³/mol. The van der Waals surface area contributed by atoms with Gasteiger partial charge in [-0.1, -0.05) is 6.08 Å². The highest BCUT2D eigenvalue weighted by Gasteiger charge is 2.24. The molecule has 1 N–H and O–H groups in total. The topological polar surface area (TPSA) is 62.3 Å². The molecule has 0 unspecified atom stereocenters. The number of pyridine rings is 1. The second kappa shape index (κ2) is 6.73. The van der Waals surface area contributed by atoms with Crippen molar-refractivity contribution in [2.45, 2.75) is 31.7 Å². The van der Waals surface area contributed by atoms with E-state index in [2.05, 4.69) is 10.3 Å². The van der Waals surface area contributed by atoms with Crippen LogP contribution in [0.15, 0.2) is 36.7 Å². The van der Waals surface area contributed by atoms with Crippen LogP contribution < -0.4 is 5.32 Å². The van der Waals surface area contributed by atoms with E-state index in [-0.39, 0.29) is 17.9 Å². The maximum atomic E-state index is 12.3. The number of carbonyl (C=O) groups excluding carboxylic acids is 2. The molecular weight excluding hydrogens is 278 g/mol. The Morgan fingerprint density at radius 2 is 2.00 bits per heavy atom. The maximum Gasteiger partial charge on any atom is 0.255 e. The van der Waals surface area contributed by atoms with E-state index in [4.69, 9.17) is 0 Å². The Bertz CT molecular complexity index is 559. The van der Waals surface area contributed by atoms with Crippen molar-refractivity contribution >= 4 is 11.8 Å². The monoisotopic (exact) mass is 299 g/mol. The number of nitrogens with zero attached hydrogens (tertiary/aromatic N) is 2. The average molecular weight is 299 g/mol. The maximum absolute atomic E-state index is 12.3. The molecule has 116 valence electrons. The van der Waals surface area contributed by atoms with E-state index >= 15 is 0 Å². The summed E-state index contributed by atoms with van der Waals surface area (Å²) in [7, 11) is 0. The van der Waals surface area contributed by atoms with Crippen LogP contribution in [0.5, 0.6) is 0 Å². The second-order valence-corrected chi connectivity index (χ2v) is 6.01. The van der Waals surface area contributed by atoms with Crippen LogP contribution in [0.1, 0.15) is 36.0 Å². The van der Waals surface area contributed by atoms with Crippen LogP contribution in [0.4, 0.5) is 0 Å². The molecule has 1 aromatic heterocycles. The van der Waals surface area contributed by atoms with Crippen molar-refractivity contribution in [3.05, 3.63) is 42.2 Å². The van der Waals surface area contributed by atoms with Gasteiger partial charge in [0.05, 0.1) is 5.56 Å². The third-order valence-corrected chi connectivity index (χ3v) is 4.18. The molecule has 2 fully saturated rings. The lowest BCUT2D eigenvalue weighted by atomic mass is 10.0. The Balaban J connectivity index is 1.45. The fourth-order valence-corrected chi connectivity index (χ4v) is 2.66. The fourth-order valence-electron chi connectivity index (χ4n) is 2.66. The first-order valence-corrected chi connectivity index (χ1v) is 7.90. The molecule has 0 spiro atoms. The molecule has 1 saturated carbocycles. The first kappa shape index (κ1) is 14.8. The molecule has 2 heterocycles. The van der Waals surface area contributed by atoms with Gasteiger partial charge in [0.25, 0.3) is 5.91 Å². The zero-order valence-electron chi connectivity index (χ0n) is 12.6. The number of piperidine rings is 1. The smallest absolute Gasteiger partial charge is 0.255 e. The number of carbonyl (C=O) groups is 2. The Hall–Kier alpha value is -2.17. The Kier molecular flexibility index (Phi) is 4.51. The third-order valence-electron chi connectivity index (χ3n) is 4.18. The molecule has 0 aromatic carbocycles. The van der Waals surface area contributed by atoms with Crippen molar-refractivity contribution in [2.24, 2.45) is 5.92 Å². The van der Waals surface area contributed by atoms with Gasteiger partial charge in [-0.3, -0.25) is 14.6 Å². The molecule has 3 rings (SSSR count). The standard InChI is InChI=1S/C17H21N3O2/c21-16(6-5-13-3-4-13)19-15-7-10-20(11-8-15)17(22)14-2-1-9-18-12-14/h1-2,5-6,9,12-13,15H,3-4,7-8,10-11H2,(H,19,21)/b6-5+. The molecule has 2 aliphatic rings. The molecule has 1 aromatic rings. The second-order valence-electron chi connectivity index (χ2n) is 6.01. The first-order valence-electron chi connectivity index (χ1n) is 7.90. The van der Waals surface area contributed by atoms with Gasteiger partial charge in [0.15, 0.2) is 0 Å². The third kappa shape index (κ3) is 3.93. The van der Waals surface area contributed by atoms with E-state index in [1.807, 2.05) is 11.0 Å². The summed E-state index contributed by atoms with van der Waals surface area (Å²) in [6.07, 6.45) is 10.9. The van der Waals surface area contributed by atoms with Crippen LogP contribution in [0.3, 0.4) is 0 Å². The Morgan fingerprint density at radius 3 is 2.64 bits per heavy atom. The molecule has 1 aliphatic heterocycles. The van der Waals surface area contributed by atoms with Crippen molar-refractivity contribution in [1.82, 2.24) is 15.2 Å². The van der Waals surface area contributed by atoms with Gasteiger partial charge in [0.1, 0.15) is 0 Å². The highest BCUT2D eigenvalue weighted by atomic mass is 16.2. The zero-order chi connectivity index (χ0) is 15.4. The number of likely N-dealkylation sites (tertiary alicyclic amines) is 1. The van der Waals surface area contributed by atoms with Crippen molar-refractivity contribution < 1.29 is 9.59 Å². The lowest BCUT2D eigenvalue weighted by Crippen LogP contribution is -2.46. The molecule has 2 amide bonds. The molecular formula is C17H21N3O2. The van der Waals surface area contributed by atoms with E-state index in [0.717, 1.165) is 12.8 Å². The van der Waals surface area contributed by atoms with Crippen molar-refractivity contribution in [3.63, 3.8) is 0 Å². The highest BCUT2D eigenvalue weighted by Crippen LogP contribution is 2.29. The number of aromatic nitrogens is 1. The number of amides is 2. The van der Waals surface area contributed by atoms with Gasteiger partial charge in [-0.15, -0.1) is 0 Å². The fraction of sp³-hybridized carbons (Fsp3) is 0.471. The molecule has 0 bridgehead atoms. The van der Waals surface area contributed by atoms with Gasteiger partial charge in [-0.2, -0.15) is 0 Å². The molecule has 5 nitrogen and oxygen atoms in total. The zero-order valence-corrected chi connectivity index (χ0v) is 12.6. The van der Waals surface area contributed by atoms with Gasteiger partial charge in [-0.25, -0.2) is 0 Å². The lowest BCUT2D eigenvalue weighted by Gasteiger charge is -2.32. The normalized spacial score (nSPS) is 19.4. The molecule has 1 saturated heterocycles. The van der Waals surface area contributed by atoms with E-state index in [1.54, 1.807) is 30.6 Å². The van der Waals surface area contributed by atoms with E-state index in [1.165, 1.54) is 12.8 Å². The molecule has 5 heteroatoms. The number of hydrogen-bond donors (Lipinski definition) is 1. The van der Waals surface area contributed by atoms with E-state index < -0.39 is 0 Å². The van der Waals surface area contributed by atoms with Crippen molar-refractivity contribution in [1.29, 1.82) is 0 Å². The largest absolute Gasteiger partial charge is 0.350 e. The number of hydrogen-bond acceptors (Lipinski definition) is 3. The van der Waals surface area contributed by atoms with Gasteiger partial charge >= 0.3 is 0 Å². The summed E-state index contributed by atoms with van der Waals surface area (Å²) >= 11 is 0. The van der Waals surface area contributed by atoms with Crippen LogP contribution in [0.25, 0.3) is 0 Å². The molecule has 0 radical (unpaired) electrons. The summed E-state index contributed by atoms with van der Waals surface area (Å²) in [6.45, 7) is 1.34. The summed E-state index contributed by atoms with van der Waals surface area (Å²) in [6, 6.07) is 3.72. The predicted octanol–water partition coefficient (Wildman–Crippen LogP) is 1.77. The van der Waals surface area contributed by atoms with Gasteiger partial charge in [0.2, 0.25) is 5.91 Å². The summed E-state index contributed by atoms with van der Waals surface area (Å²) in [5.41, 5.74) is 0.623. The molecule has 0 atom stereocenters. The van der Waals surface area contributed by atoms with E-state index in [0.29, 0.717) is 24.6 Å². The number of allylic oxidation sites excluding steroid dienone is 1. The highest BCUT2D eigenvalue weighted by molar-refractivity contribution is 5.94. The number of nitrogens with one attached hydrogen (secondary N) is 1. The number of rotatable bonds is 4. The minimum atomic E-state index is -0.0102. The first-order chi connectivity index (χ1) is 10.7.